The van der Waals surface area contributed by atoms with Crippen molar-refractivity contribution in [3.63, 3.8) is 0 Å². The summed E-state index contributed by atoms with van der Waals surface area (Å²) < 4.78 is 6.72. The van der Waals surface area contributed by atoms with E-state index in [1.807, 2.05) is 31.2 Å². The molecule has 0 saturated heterocycles. The molecule has 124 valence electrons. The van der Waals surface area contributed by atoms with Gasteiger partial charge in [-0.2, -0.15) is 0 Å². The zero-order valence-electron chi connectivity index (χ0n) is 12.8. The SMILES string of the molecule is CC(CNC(=O)C[C@@H]1CCC[C@H]1N)Oc1ccccc1Br.Cl. The van der Waals surface area contributed by atoms with Crippen molar-refractivity contribution in [1.29, 1.82) is 0 Å². The molecule has 1 saturated carbocycles. The van der Waals surface area contributed by atoms with E-state index in [0.29, 0.717) is 18.9 Å². The Morgan fingerprint density at radius 3 is 2.82 bits per heavy atom. The minimum absolute atomic E-state index is 0. The van der Waals surface area contributed by atoms with E-state index in [1.165, 1.54) is 0 Å². The highest BCUT2D eigenvalue weighted by Gasteiger charge is 2.26. The van der Waals surface area contributed by atoms with E-state index in [0.717, 1.165) is 29.5 Å². The van der Waals surface area contributed by atoms with Gasteiger partial charge in [-0.1, -0.05) is 18.6 Å². The number of hydrogen-bond donors (Lipinski definition) is 2. The van der Waals surface area contributed by atoms with Crippen LogP contribution in [0.5, 0.6) is 5.75 Å². The predicted molar refractivity (Wildman–Crippen MR) is 94.4 cm³/mol. The lowest BCUT2D eigenvalue weighted by Crippen LogP contribution is -2.36. The highest BCUT2D eigenvalue weighted by atomic mass is 79.9. The molecule has 0 bridgehead atoms. The van der Waals surface area contributed by atoms with E-state index >= 15 is 0 Å². The third-order valence-electron chi connectivity index (χ3n) is 3.92. The lowest BCUT2D eigenvalue weighted by atomic mass is 10.00. The second-order valence-corrected chi connectivity index (χ2v) is 6.58. The summed E-state index contributed by atoms with van der Waals surface area (Å²) in [6.07, 6.45) is 3.70. The molecule has 0 aromatic heterocycles. The first-order valence-corrected chi connectivity index (χ1v) is 8.29. The van der Waals surface area contributed by atoms with Crippen LogP contribution in [0.3, 0.4) is 0 Å². The van der Waals surface area contributed by atoms with Gasteiger partial charge in [0.2, 0.25) is 5.91 Å². The van der Waals surface area contributed by atoms with Crippen LogP contribution < -0.4 is 15.8 Å². The number of nitrogens with one attached hydrogen (secondary N) is 1. The molecule has 0 spiro atoms. The number of rotatable bonds is 6. The zero-order valence-corrected chi connectivity index (χ0v) is 15.2. The van der Waals surface area contributed by atoms with E-state index < -0.39 is 0 Å². The summed E-state index contributed by atoms with van der Waals surface area (Å²) in [7, 11) is 0. The molecule has 3 N–H and O–H groups in total. The quantitative estimate of drug-likeness (QED) is 0.782. The molecular weight excluding hydrogens is 368 g/mol. The van der Waals surface area contributed by atoms with Crippen LogP contribution in [0.25, 0.3) is 0 Å². The molecule has 1 aromatic carbocycles. The molecule has 1 amide bonds. The van der Waals surface area contributed by atoms with Gasteiger partial charge in [0.25, 0.3) is 0 Å². The Hall–Kier alpha value is -0.780. The fraction of sp³-hybridized carbons (Fsp3) is 0.562. The summed E-state index contributed by atoms with van der Waals surface area (Å²) in [6.45, 7) is 2.45. The maximum atomic E-state index is 11.9. The summed E-state index contributed by atoms with van der Waals surface area (Å²) in [6, 6.07) is 7.88. The smallest absolute Gasteiger partial charge is 0.220 e. The monoisotopic (exact) mass is 390 g/mol. The largest absolute Gasteiger partial charge is 0.488 e. The molecule has 4 nitrogen and oxygen atoms in total. The van der Waals surface area contributed by atoms with E-state index in [9.17, 15) is 4.79 Å². The Kier molecular flexibility index (Phi) is 8.21. The van der Waals surface area contributed by atoms with E-state index in [4.69, 9.17) is 10.5 Å². The first kappa shape index (κ1) is 19.3. The maximum absolute atomic E-state index is 11.9. The van der Waals surface area contributed by atoms with Gasteiger partial charge in [0, 0.05) is 12.5 Å². The number of nitrogens with two attached hydrogens (primary N) is 1. The first-order chi connectivity index (χ1) is 10.1. The number of para-hydroxylation sites is 1. The highest BCUT2D eigenvalue weighted by molar-refractivity contribution is 9.10. The maximum Gasteiger partial charge on any atom is 0.220 e. The normalized spacial score (nSPS) is 21.8. The third kappa shape index (κ3) is 5.78. The van der Waals surface area contributed by atoms with Gasteiger partial charge >= 0.3 is 0 Å². The van der Waals surface area contributed by atoms with Crippen molar-refractivity contribution in [2.75, 3.05) is 6.54 Å². The number of amides is 1. The van der Waals surface area contributed by atoms with Gasteiger partial charge in [0.1, 0.15) is 11.9 Å². The van der Waals surface area contributed by atoms with Crippen LogP contribution >= 0.6 is 28.3 Å². The van der Waals surface area contributed by atoms with Gasteiger partial charge in [0.15, 0.2) is 0 Å². The summed E-state index contributed by atoms with van der Waals surface area (Å²) in [4.78, 5) is 11.9. The molecule has 1 aliphatic carbocycles. The number of halogens is 2. The predicted octanol–water partition coefficient (Wildman–Crippen LogP) is 3.27. The van der Waals surface area contributed by atoms with Gasteiger partial charge in [-0.25, -0.2) is 0 Å². The molecule has 3 atom stereocenters. The van der Waals surface area contributed by atoms with Gasteiger partial charge in [0.05, 0.1) is 11.0 Å². The molecule has 1 aliphatic rings. The van der Waals surface area contributed by atoms with Crippen LogP contribution in [0, 0.1) is 5.92 Å². The van der Waals surface area contributed by atoms with E-state index in [1.54, 1.807) is 0 Å². The van der Waals surface area contributed by atoms with Gasteiger partial charge in [-0.05, 0) is 53.7 Å². The Morgan fingerprint density at radius 2 is 2.18 bits per heavy atom. The molecule has 0 aliphatic heterocycles. The lowest BCUT2D eigenvalue weighted by molar-refractivity contribution is -0.122. The summed E-state index contributed by atoms with van der Waals surface area (Å²) in [5.74, 6) is 1.20. The molecule has 6 heteroatoms. The van der Waals surface area contributed by atoms with Crippen molar-refractivity contribution in [2.45, 2.75) is 44.8 Å². The molecule has 1 aromatic rings. The Bertz CT molecular complexity index is 487. The minimum atomic E-state index is -0.0788. The fourth-order valence-electron chi connectivity index (χ4n) is 2.69. The molecule has 22 heavy (non-hydrogen) atoms. The second-order valence-electron chi connectivity index (χ2n) is 5.72. The summed E-state index contributed by atoms with van der Waals surface area (Å²) >= 11 is 3.44. The number of ether oxygens (including phenoxy) is 1. The first-order valence-electron chi connectivity index (χ1n) is 7.49. The molecule has 0 radical (unpaired) electrons. The van der Waals surface area contributed by atoms with Crippen LogP contribution in [-0.2, 0) is 4.79 Å². The Morgan fingerprint density at radius 1 is 1.45 bits per heavy atom. The van der Waals surface area contributed by atoms with Crippen LogP contribution in [0.4, 0.5) is 0 Å². The van der Waals surface area contributed by atoms with Crippen molar-refractivity contribution in [3.05, 3.63) is 28.7 Å². The van der Waals surface area contributed by atoms with Crippen molar-refractivity contribution in [2.24, 2.45) is 11.7 Å². The van der Waals surface area contributed by atoms with Crippen LogP contribution in [-0.4, -0.2) is 24.6 Å². The Balaban J connectivity index is 0.00000242. The average Bonchev–Trinajstić information content (AvgIpc) is 2.85. The average molecular weight is 392 g/mol. The second kappa shape index (κ2) is 9.38. The van der Waals surface area contributed by atoms with E-state index in [-0.39, 0.29) is 30.5 Å². The topological polar surface area (TPSA) is 64.4 Å². The number of carbonyl (C=O) groups excluding carboxylic acids is 1. The van der Waals surface area contributed by atoms with Crippen molar-refractivity contribution < 1.29 is 9.53 Å². The molecule has 0 heterocycles. The van der Waals surface area contributed by atoms with Gasteiger partial charge in [-0.15, -0.1) is 12.4 Å². The van der Waals surface area contributed by atoms with E-state index in [2.05, 4.69) is 21.2 Å². The molecule has 1 fully saturated rings. The van der Waals surface area contributed by atoms with Crippen LogP contribution in [0.1, 0.15) is 32.6 Å². The number of benzene rings is 1. The van der Waals surface area contributed by atoms with Crippen LogP contribution in [0.2, 0.25) is 0 Å². The third-order valence-corrected chi connectivity index (χ3v) is 4.57. The van der Waals surface area contributed by atoms with Crippen molar-refractivity contribution >= 4 is 34.2 Å². The number of carbonyl (C=O) groups is 1. The number of hydrogen-bond acceptors (Lipinski definition) is 3. The van der Waals surface area contributed by atoms with Gasteiger partial charge in [-0.3, -0.25) is 4.79 Å². The Labute approximate surface area is 146 Å². The molecule has 2 rings (SSSR count). The molecule has 1 unspecified atom stereocenters. The summed E-state index contributed by atoms with van der Waals surface area (Å²) in [5.41, 5.74) is 5.99. The highest BCUT2D eigenvalue weighted by Crippen LogP contribution is 2.27. The fourth-order valence-corrected chi connectivity index (χ4v) is 3.06. The van der Waals surface area contributed by atoms with Crippen molar-refractivity contribution in [3.8, 4) is 5.75 Å². The van der Waals surface area contributed by atoms with Gasteiger partial charge < -0.3 is 15.8 Å². The van der Waals surface area contributed by atoms with Crippen LogP contribution in [0.15, 0.2) is 28.7 Å². The van der Waals surface area contributed by atoms with Crippen molar-refractivity contribution in [1.82, 2.24) is 5.32 Å². The summed E-state index contributed by atoms with van der Waals surface area (Å²) in [5, 5.41) is 2.93. The lowest BCUT2D eigenvalue weighted by Gasteiger charge is -2.18. The molecular formula is C16H24BrClN2O2. The standard InChI is InChI=1S/C16H23BrN2O2.ClH/c1-11(21-15-8-3-2-6-13(15)17)10-19-16(20)9-12-5-4-7-14(12)18;/h2-3,6,8,11-12,14H,4-5,7,9-10,18H2,1H3,(H,19,20);1H/t11?,12-,14+;/m0./s1. The minimum Gasteiger partial charge on any atom is -0.488 e. The zero-order chi connectivity index (χ0) is 15.2.